The van der Waals surface area contributed by atoms with Gasteiger partial charge in [-0.05, 0) is 25.0 Å². The number of benzene rings is 1. The monoisotopic (exact) mass is 262 g/mol. The number of carbonyl (C=O) groups excluding carboxylic acids is 2. The van der Waals surface area contributed by atoms with E-state index in [0.29, 0.717) is 5.56 Å². The molecule has 104 valence electrons. The maximum Gasteiger partial charge on any atom is 0.269 e. The molecule has 0 spiro atoms. The second-order valence-corrected chi connectivity index (χ2v) is 4.56. The molecule has 1 aromatic rings. The molecule has 0 aliphatic rings. The molecule has 0 fully saturated rings. The second-order valence-electron chi connectivity index (χ2n) is 4.56. The van der Waals surface area contributed by atoms with Crippen molar-refractivity contribution < 1.29 is 9.59 Å². The third kappa shape index (κ3) is 5.12. The summed E-state index contributed by atoms with van der Waals surface area (Å²) in [7, 11) is 0. The van der Waals surface area contributed by atoms with E-state index in [1.54, 1.807) is 24.3 Å². The van der Waals surface area contributed by atoms with Crippen molar-refractivity contribution >= 4 is 11.8 Å². The van der Waals surface area contributed by atoms with Crippen LogP contribution in [-0.2, 0) is 4.79 Å². The molecule has 0 aromatic heterocycles. The Bertz CT molecular complexity index is 404. The molecule has 0 saturated heterocycles. The first kappa shape index (κ1) is 15.2. The van der Waals surface area contributed by atoms with Crippen LogP contribution in [0.2, 0.25) is 0 Å². The molecule has 0 aliphatic heterocycles. The molecule has 1 atom stereocenters. The molecule has 0 aliphatic carbocycles. The topological polar surface area (TPSA) is 58.2 Å². The Hall–Kier alpha value is -1.84. The van der Waals surface area contributed by atoms with Crippen molar-refractivity contribution in [1.29, 1.82) is 0 Å². The van der Waals surface area contributed by atoms with Crippen molar-refractivity contribution in [3.05, 3.63) is 35.9 Å². The highest BCUT2D eigenvalue weighted by atomic mass is 16.2. The van der Waals surface area contributed by atoms with Crippen LogP contribution in [0.15, 0.2) is 30.3 Å². The minimum Gasteiger partial charge on any atom is -0.273 e. The van der Waals surface area contributed by atoms with Crippen LogP contribution >= 0.6 is 0 Å². The van der Waals surface area contributed by atoms with Crippen LogP contribution in [0.1, 0.15) is 49.9 Å². The minimum atomic E-state index is -0.292. The van der Waals surface area contributed by atoms with Gasteiger partial charge in [-0.3, -0.25) is 20.4 Å². The lowest BCUT2D eigenvalue weighted by atomic mass is 9.99. The fourth-order valence-corrected chi connectivity index (χ4v) is 1.85. The normalized spacial score (nSPS) is 11.7. The van der Waals surface area contributed by atoms with E-state index < -0.39 is 0 Å². The Morgan fingerprint density at radius 2 is 1.79 bits per heavy atom. The maximum atomic E-state index is 11.9. The Labute approximate surface area is 114 Å². The van der Waals surface area contributed by atoms with Gasteiger partial charge < -0.3 is 0 Å². The van der Waals surface area contributed by atoms with Crippen molar-refractivity contribution in [1.82, 2.24) is 10.9 Å². The van der Waals surface area contributed by atoms with E-state index >= 15 is 0 Å². The van der Waals surface area contributed by atoms with Crippen LogP contribution in [0.5, 0.6) is 0 Å². The first-order valence-corrected chi connectivity index (χ1v) is 6.84. The summed E-state index contributed by atoms with van der Waals surface area (Å²) in [5.74, 6) is -0.435. The molecule has 0 heterocycles. The molecule has 0 bridgehead atoms. The van der Waals surface area contributed by atoms with Crippen LogP contribution in [0.25, 0.3) is 0 Å². The summed E-state index contributed by atoms with van der Waals surface area (Å²) in [6, 6.07) is 8.82. The largest absolute Gasteiger partial charge is 0.273 e. The van der Waals surface area contributed by atoms with E-state index in [4.69, 9.17) is 0 Å². The molecular weight excluding hydrogens is 240 g/mol. The zero-order valence-corrected chi connectivity index (χ0v) is 11.6. The van der Waals surface area contributed by atoms with Crippen LogP contribution in [0, 0.1) is 5.92 Å². The molecule has 1 aromatic carbocycles. The highest BCUT2D eigenvalue weighted by Gasteiger charge is 2.16. The van der Waals surface area contributed by atoms with Crippen LogP contribution in [-0.4, -0.2) is 11.8 Å². The Morgan fingerprint density at radius 3 is 2.37 bits per heavy atom. The Kier molecular flexibility index (Phi) is 6.64. The number of hydrogen-bond acceptors (Lipinski definition) is 2. The third-order valence-electron chi connectivity index (χ3n) is 3.10. The lowest BCUT2D eigenvalue weighted by Gasteiger charge is -2.15. The SMILES string of the molecule is CCCCC(CC)C(=O)NNC(=O)c1ccccc1. The van der Waals surface area contributed by atoms with E-state index in [2.05, 4.69) is 17.8 Å². The molecule has 0 radical (unpaired) electrons. The number of nitrogens with one attached hydrogen (secondary N) is 2. The Morgan fingerprint density at radius 1 is 1.11 bits per heavy atom. The van der Waals surface area contributed by atoms with Gasteiger partial charge in [0.1, 0.15) is 0 Å². The zero-order chi connectivity index (χ0) is 14.1. The van der Waals surface area contributed by atoms with Crippen molar-refractivity contribution in [3.63, 3.8) is 0 Å². The van der Waals surface area contributed by atoms with Gasteiger partial charge in [0, 0.05) is 11.5 Å². The predicted molar refractivity (Wildman–Crippen MR) is 75.4 cm³/mol. The summed E-state index contributed by atoms with van der Waals surface area (Å²) in [5, 5.41) is 0. The molecule has 19 heavy (non-hydrogen) atoms. The Balaban J connectivity index is 2.43. The highest BCUT2D eigenvalue weighted by molar-refractivity contribution is 5.95. The van der Waals surface area contributed by atoms with Crippen LogP contribution < -0.4 is 10.9 Å². The smallest absolute Gasteiger partial charge is 0.269 e. The van der Waals surface area contributed by atoms with Gasteiger partial charge in [-0.25, -0.2) is 0 Å². The van der Waals surface area contributed by atoms with E-state index in [9.17, 15) is 9.59 Å². The summed E-state index contributed by atoms with van der Waals surface area (Å²) in [6.07, 6.45) is 3.74. The number of hydrogen-bond donors (Lipinski definition) is 2. The minimum absolute atomic E-state index is 0.0315. The standard InChI is InChI=1S/C15H22N2O2/c1-3-5-9-12(4-2)14(18)16-17-15(19)13-10-7-6-8-11-13/h6-8,10-12H,3-5,9H2,1-2H3,(H,16,18)(H,17,19). The molecule has 1 rings (SSSR count). The lowest BCUT2D eigenvalue weighted by molar-refractivity contribution is -0.126. The average molecular weight is 262 g/mol. The van der Waals surface area contributed by atoms with Gasteiger partial charge in [0.05, 0.1) is 0 Å². The van der Waals surface area contributed by atoms with Gasteiger partial charge >= 0.3 is 0 Å². The number of unbranched alkanes of at least 4 members (excludes halogenated alkanes) is 1. The lowest BCUT2D eigenvalue weighted by Crippen LogP contribution is -2.44. The summed E-state index contributed by atoms with van der Waals surface area (Å²) in [5.41, 5.74) is 5.49. The first-order chi connectivity index (χ1) is 9.19. The summed E-state index contributed by atoms with van der Waals surface area (Å²) < 4.78 is 0. The molecule has 4 heteroatoms. The van der Waals surface area contributed by atoms with Gasteiger partial charge in [-0.15, -0.1) is 0 Å². The van der Waals surface area contributed by atoms with Gasteiger partial charge in [-0.2, -0.15) is 0 Å². The van der Waals surface area contributed by atoms with Crippen molar-refractivity contribution in [2.24, 2.45) is 5.92 Å². The number of amides is 2. The molecule has 2 N–H and O–H groups in total. The van der Waals surface area contributed by atoms with Gasteiger partial charge in [0.25, 0.3) is 5.91 Å². The number of hydrazine groups is 1. The average Bonchev–Trinajstić information content (AvgIpc) is 2.46. The van der Waals surface area contributed by atoms with Crippen molar-refractivity contribution in [2.75, 3.05) is 0 Å². The van der Waals surface area contributed by atoms with E-state index in [0.717, 1.165) is 25.7 Å². The predicted octanol–water partition coefficient (Wildman–Crippen LogP) is 2.66. The first-order valence-electron chi connectivity index (χ1n) is 6.84. The van der Waals surface area contributed by atoms with Gasteiger partial charge in [0.15, 0.2) is 0 Å². The van der Waals surface area contributed by atoms with E-state index in [1.807, 2.05) is 13.0 Å². The number of carbonyl (C=O) groups is 2. The number of rotatable bonds is 6. The molecular formula is C15H22N2O2. The maximum absolute atomic E-state index is 11.9. The molecule has 2 amide bonds. The molecule has 1 unspecified atom stereocenters. The highest BCUT2D eigenvalue weighted by Crippen LogP contribution is 2.12. The quantitative estimate of drug-likeness (QED) is 0.774. The van der Waals surface area contributed by atoms with E-state index in [-0.39, 0.29) is 17.7 Å². The molecule has 0 saturated carbocycles. The van der Waals surface area contributed by atoms with Crippen LogP contribution in [0.4, 0.5) is 0 Å². The fraction of sp³-hybridized carbons (Fsp3) is 0.467. The zero-order valence-electron chi connectivity index (χ0n) is 11.6. The fourth-order valence-electron chi connectivity index (χ4n) is 1.85. The molecule has 4 nitrogen and oxygen atoms in total. The van der Waals surface area contributed by atoms with Gasteiger partial charge in [-0.1, -0.05) is 44.9 Å². The van der Waals surface area contributed by atoms with Crippen LogP contribution in [0.3, 0.4) is 0 Å². The summed E-state index contributed by atoms with van der Waals surface area (Å²) >= 11 is 0. The van der Waals surface area contributed by atoms with Gasteiger partial charge in [0.2, 0.25) is 5.91 Å². The van der Waals surface area contributed by atoms with Crippen molar-refractivity contribution in [3.8, 4) is 0 Å². The van der Waals surface area contributed by atoms with E-state index in [1.165, 1.54) is 0 Å². The third-order valence-corrected chi connectivity index (χ3v) is 3.10. The summed E-state index contributed by atoms with van der Waals surface area (Å²) in [6.45, 7) is 4.08. The summed E-state index contributed by atoms with van der Waals surface area (Å²) in [4.78, 5) is 23.6. The van der Waals surface area contributed by atoms with Crippen molar-refractivity contribution in [2.45, 2.75) is 39.5 Å². The second kappa shape index (κ2) is 8.29.